The highest BCUT2D eigenvalue weighted by molar-refractivity contribution is 5.85. The van der Waals surface area contributed by atoms with Crippen LogP contribution in [0.1, 0.15) is 85.0 Å². The van der Waals surface area contributed by atoms with Gasteiger partial charge < -0.3 is 9.64 Å². The van der Waals surface area contributed by atoms with E-state index in [2.05, 4.69) is 25.7 Å². The summed E-state index contributed by atoms with van der Waals surface area (Å²) in [6.07, 6.45) is 12.1. The van der Waals surface area contributed by atoms with Gasteiger partial charge in [-0.15, -0.1) is 12.4 Å². The molecule has 0 bridgehead atoms. The highest BCUT2D eigenvalue weighted by atomic mass is 35.5. The molecule has 0 radical (unpaired) electrons. The van der Waals surface area contributed by atoms with E-state index in [0.717, 1.165) is 26.1 Å². The Morgan fingerprint density at radius 3 is 1.82 bits per heavy atom. The van der Waals surface area contributed by atoms with Gasteiger partial charge in [0.15, 0.2) is 0 Å². The maximum atomic E-state index is 11.6. The summed E-state index contributed by atoms with van der Waals surface area (Å²) in [4.78, 5) is 13.8. The summed E-state index contributed by atoms with van der Waals surface area (Å²) < 4.78 is 5.27. The summed E-state index contributed by atoms with van der Waals surface area (Å²) in [6.45, 7) is 9.95. The van der Waals surface area contributed by atoms with Gasteiger partial charge in [0.05, 0.1) is 0 Å². The maximum Gasteiger partial charge on any atom is 0.305 e. The summed E-state index contributed by atoms with van der Waals surface area (Å²) in [5.74, 6) is -0.0231. The molecule has 134 valence electrons. The predicted octanol–water partition coefficient (Wildman–Crippen LogP) is 5.21. The topological polar surface area (TPSA) is 29.5 Å². The molecule has 0 aliphatic carbocycles. The van der Waals surface area contributed by atoms with Gasteiger partial charge in [0, 0.05) is 13.0 Å². The van der Waals surface area contributed by atoms with Crippen LogP contribution in [0.4, 0.5) is 0 Å². The van der Waals surface area contributed by atoms with Crippen molar-refractivity contribution < 1.29 is 9.53 Å². The van der Waals surface area contributed by atoms with E-state index in [1.807, 2.05) is 0 Å². The Morgan fingerprint density at radius 1 is 0.818 bits per heavy atom. The van der Waals surface area contributed by atoms with E-state index in [-0.39, 0.29) is 18.4 Å². The van der Waals surface area contributed by atoms with Gasteiger partial charge in [0.1, 0.15) is 6.61 Å². The molecule has 22 heavy (non-hydrogen) atoms. The van der Waals surface area contributed by atoms with Gasteiger partial charge in [-0.3, -0.25) is 4.79 Å². The molecule has 0 rings (SSSR count). The first-order valence-corrected chi connectivity index (χ1v) is 9.12. The Labute approximate surface area is 144 Å². The first-order valence-electron chi connectivity index (χ1n) is 9.12. The summed E-state index contributed by atoms with van der Waals surface area (Å²) in [6, 6.07) is 0. The van der Waals surface area contributed by atoms with Gasteiger partial charge in [-0.25, -0.2) is 0 Å². The highest BCUT2D eigenvalue weighted by Crippen LogP contribution is 2.10. The number of hydrogen-bond donors (Lipinski definition) is 0. The first kappa shape index (κ1) is 24.0. The van der Waals surface area contributed by atoms with Crippen LogP contribution in [0.25, 0.3) is 0 Å². The average Bonchev–Trinajstić information content (AvgIpc) is 2.50. The van der Waals surface area contributed by atoms with Crippen molar-refractivity contribution in [2.24, 2.45) is 0 Å². The van der Waals surface area contributed by atoms with Crippen LogP contribution in [0, 0.1) is 0 Å². The van der Waals surface area contributed by atoms with Crippen LogP contribution in [0.5, 0.6) is 0 Å². The van der Waals surface area contributed by atoms with E-state index in [9.17, 15) is 4.79 Å². The summed E-state index contributed by atoms with van der Waals surface area (Å²) in [7, 11) is 0. The van der Waals surface area contributed by atoms with Gasteiger partial charge in [-0.1, -0.05) is 72.1 Å². The Balaban J connectivity index is 0. The molecule has 0 heterocycles. The second-order valence-corrected chi connectivity index (χ2v) is 5.83. The quantitative estimate of drug-likeness (QED) is 0.304. The highest BCUT2D eigenvalue weighted by Gasteiger charge is 2.04. The number of likely N-dealkylation sites (N-methyl/N-ethyl adjacent to an activating group) is 1. The van der Waals surface area contributed by atoms with E-state index in [1.54, 1.807) is 0 Å². The van der Waals surface area contributed by atoms with Crippen molar-refractivity contribution >= 4 is 18.4 Å². The van der Waals surface area contributed by atoms with Gasteiger partial charge in [-0.05, 0) is 19.5 Å². The average molecular weight is 336 g/mol. The molecule has 4 heteroatoms. The van der Waals surface area contributed by atoms with Gasteiger partial charge in [-0.2, -0.15) is 0 Å². The molecule has 0 saturated heterocycles. The number of unbranched alkanes of at least 4 members (excludes halogenated alkanes) is 8. The van der Waals surface area contributed by atoms with Crippen LogP contribution in [0.15, 0.2) is 0 Å². The second-order valence-electron chi connectivity index (χ2n) is 5.83. The van der Waals surface area contributed by atoms with E-state index < -0.39 is 0 Å². The lowest BCUT2D eigenvalue weighted by Crippen LogP contribution is -2.27. The molecule has 0 unspecified atom stereocenters. The third kappa shape index (κ3) is 16.1. The molecule has 3 nitrogen and oxygen atoms in total. The van der Waals surface area contributed by atoms with Crippen LogP contribution in [-0.4, -0.2) is 37.1 Å². The lowest BCUT2D eigenvalue weighted by Gasteiger charge is -2.17. The molecule has 0 amide bonds. The fourth-order valence-corrected chi connectivity index (χ4v) is 2.48. The number of ether oxygens (including phenoxy) is 1. The number of esters is 1. The van der Waals surface area contributed by atoms with Crippen molar-refractivity contribution in [3.8, 4) is 0 Å². The van der Waals surface area contributed by atoms with Crippen LogP contribution < -0.4 is 0 Å². The van der Waals surface area contributed by atoms with Crippen LogP contribution in [0.2, 0.25) is 0 Å². The third-order valence-electron chi connectivity index (χ3n) is 4.05. The van der Waals surface area contributed by atoms with E-state index >= 15 is 0 Å². The number of rotatable bonds is 15. The van der Waals surface area contributed by atoms with Gasteiger partial charge in [0.2, 0.25) is 0 Å². The molecule has 0 aliphatic rings. The molecular formula is C18H38ClNO2. The normalized spacial score (nSPS) is 10.5. The summed E-state index contributed by atoms with van der Waals surface area (Å²) >= 11 is 0. The zero-order chi connectivity index (χ0) is 15.8. The maximum absolute atomic E-state index is 11.6. The Morgan fingerprint density at radius 2 is 1.32 bits per heavy atom. The Kier molecular flexibility index (Phi) is 20.5. The van der Waals surface area contributed by atoms with Crippen molar-refractivity contribution in [3.05, 3.63) is 0 Å². The van der Waals surface area contributed by atoms with Crippen LogP contribution in [-0.2, 0) is 9.53 Å². The van der Waals surface area contributed by atoms with Crippen LogP contribution in [0.3, 0.4) is 0 Å². The van der Waals surface area contributed by atoms with Crippen molar-refractivity contribution in [3.63, 3.8) is 0 Å². The SMILES string of the molecule is CCCCCCCCCCCC(=O)OCCN(CC)CC.Cl. The lowest BCUT2D eigenvalue weighted by atomic mass is 10.1. The Hall–Kier alpha value is -0.280. The number of hydrogen-bond acceptors (Lipinski definition) is 3. The summed E-state index contributed by atoms with van der Waals surface area (Å²) in [5.41, 5.74) is 0. The summed E-state index contributed by atoms with van der Waals surface area (Å²) in [5, 5.41) is 0. The molecular weight excluding hydrogens is 298 g/mol. The zero-order valence-electron chi connectivity index (χ0n) is 15.1. The van der Waals surface area contributed by atoms with Gasteiger partial charge in [0.25, 0.3) is 0 Å². The largest absolute Gasteiger partial charge is 0.464 e. The number of nitrogens with zero attached hydrogens (tertiary/aromatic N) is 1. The van der Waals surface area contributed by atoms with E-state index in [4.69, 9.17) is 4.74 Å². The molecule has 0 saturated carbocycles. The molecule has 0 aromatic carbocycles. The fraction of sp³-hybridized carbons (Fsp3) is 0.944. The number of halogens is 1. The van der Waals surface area contributed by atoms with Crippen molar-refractivity contribution in [1.29, 1.82) is 0 Å². The number of carbonyl (C=O) groups excluding carboxylic acids is 1. The molecule has 0 aliphatic heterocycles. The number of carbonyl (C=O) groups is 1. The van der Waals surface area contributed by atoms with Gasteiger partial charge >= 0.3 is 5.97 Å². The fourth-order valence-electron chi connectivity index (χ4n) is 2.48. The third-order valence-corrected chi connectivity index (χ3v) is 4.05. The molecule has 0 N–H and O–H groups in total. The minimum Gasteiger partial charge on any atom is -0.464 e. The standard InChI is InChI=1S/C18H37NO2.ClH/c1-4-7-8-9-10-11-12-13-14-15-18(20)21-17-16-19(5-2)6-3;/h4-17H2,1-3H3;1H. The smallest absolute Gasteiger partial charge is 0.305 e. The zero-order valence-corrected chi connectivity index (χ0v) is 15.9. The van der Waals surface area contributed by atoms with Crippen molar-refractivity contribution in [2.75, 3.05) is 26.2 Å². The van der Waals surface area contributed by atoms with Crippen molar-refractivity contribution in [1.82, 2.24) is 4.90 Å². The van der Waals surface area contributed by atoms with Crippen molar-refractivity contribution in [2.45, 2.75) is 85.0 Å². The Bertz CT molecular complexity index is 233. The minimum absolute atomic E-state index is 0. The molecule has 0 atom stereocenters. The minimum atomic E-state index is -0.0231. The van der Waals surface area contributed by atoms with E-state index in [0.29, 0.717) is 13.0 Å². The monoisotopic (exact) mass is 335 g/mol. The lowest BCUT2D eigenvalue weighted by molar-refractivity contribution is -0.144. The molecule has 0 aromatic heterocycles. The second kappa shape index (κ2) is 18.8. The van der Waals surface area contributed by atoms with Crippen LogP contribution >= 0.6 is 12.4 Å². The molecule has 0 spiro atoms. The molecule has 0 aromatic rings. The molecule has 0 fully saturated rings. The predicted molar refractivity (Wildman–Crippen MR) is 97.8 cm³/mol. The van der Waals surface area contributed by atoms with E-state index in [1.165, 1.54) is 51.4 Å². The first-order chi connectivity index (χ1) is 10.2.